The fraction of sp³-hybridized carbons (Fsp3) is 0.769. The average Bonchev–Trinajstić information content (AvgIpc) is 2.97. The molecule has 94 valence electrons. The summed E-state index contributed by atoms with van der Waals surface area (Å²) in [5, 5.41) is 7.90. The average molecular weight is 235 g/mol. The Morgan fingerprint density at radius 1 is 1.41 bits per heavy atom. The Hall–Kier alpha value is -1.19. The molecule has 17 heavy (non-hydrogen) atoms. The van der Waals surface area contributed by atoms with E-state index in [-0.39, 0.29) is 11.2 Å². The van der Waals surface area contributed by atoms with Gasteiger partial charge in [-0.3, -0.25) is 4.79 Å². The van der Waals surface area contributed by atoms with Crippen LogP contribution >= 0.6 is 0 Å². The Bertz CT molecular complexity index is 391. The number of ketones is 1. The second-order valence-electron chi connectivity index (χ2n) is 5.01. The molecule has 0 N–H and O–H groups in total. The van der Waals surface area contributed by atoms with Gasteiger partial charge in [-0.25, -0.2) is 4.68 Å². The van der Waals surface area contributed by atoms with Gasteiger partial charge in [-0.15, -0.1) is 5.10 Å². The fourth-order valence-corrected chi connectivity index (χ4v) is 2.88. The highest BCUT2D eigenvalue weighted by Crippen LogP contribution is 2.43. The zero-order chi connectivity index (χ0) is 12.3. The van der Waals surface area contributed by atoms with Crippen LogP contribution in [-0.2, 0) is 6.54 Å². The molecule has 2 rings (SSSR count). The molecule has 1 aliphatic carbocycles. The first kappa shape index (κ1) is 12.3. The molecular formula is C13H21N3O. The number of aromatic nitrogens is 3. The highest BCUT2D eigenvalue weighted by atomic mass is 16.1. The zero-order valence-corrected chi connectivity index (χ0v) is 10.8. The largest absolute Gasteiger partial charge is 0.292 e. The summed E-state index contributed by atoms with van der Waals surface area (Å²) in [6.45, 7) is 4.99. The standard InChI is InChI=1S/C13H21N3O/c1-3-9-16-11(10-14-15-16)12(17)13(4-2)7-5-6-8-13/h10H,3-9H2,1-2H3. The smallest absolute Gasteiger partial charge is 0.188 e. The third-order valence-electron chi connectivity index (χ3n) is 4.00. The summed E-state index contributed by atoms with van der Waals surface area (Å²) in [7, 11) is 0. The van der Waals surface area contributed by atoms with Gasteiger partial charge in [0.2, 0.25) is 0 Å². The minimum Gasteiger partial charge on any atom is -0.292 e. The SMILES string of the molecule is CCCn1nncc1C(=O)C1(CC)CCCC1. The molecule has 4 heteroatoms. The van der Waals surface area contributed by atoms with Crippen LogP contribution in [0.4, 0.5) is 0 Å². The van der Waals surface area contributed by atoms with E-state index in [0.29, 0.717) is 5.69 Å². The molecular weight excluding hydrogens is 214 g/mol. The van der Waals surface area contributed by atoms with Gasteiger partial charge in [0.15, 0.2) is 5.78 Å². The Kier molecular flexibility index (Phi) is 3.60. The first-order valence-corrected chi connectivity index (χ1v) is 6.67. The maximum atomic E-state index is 12.7. The van der Waals surface area contributed by atoms with E-state index in [0.717, 1.165) is 32.2 Å². The number of hydrogen-bond acceptors (Lipinski definition) is 3. The van der Waals surface area contributed by atoms with E-state index in [1.54, 1.807) is 10.9 Å². The summed E-state index contributed by atoms with van der Waals surface area (Å²) < 4.78 is 1.76. The lowest BCUT2D eigenvalue weighted by molar-refractivity contribution is 0.0779. The molecule has 1 aliphatic rings. The normalized spacial score (nSPS) is 18.5. The number of hydrogen-bond donors (Lipinski definition) is 0. The topological polar surface area (TPSA) is 47.8 Å². The number of Topliss-reactive ketones (excluding diaryl/α,β-unsaturated/α-hetero) is 1. The van der Waals surface area contributed by atoms with Crippen LogP contribution in [0.25, 0.3) is 0 Å². The summed E-state index contributed by atoms with van der Waals surface area (Å²) in [6.07, 6.45) is 7.95. The molecule has 1 heterocycles. The molecule has 0 atom stereocenters. The van der Waals surface area contributed by atoms with Crippen molar-refractivity contribution in [3.8, 4) is 0 Å². The Morgan fingerprint density at radius 3 is 2.71 bits per heavy atom. The molecule has 0 bridgehead atoms. The fourth-order valence-electron chi connectivity index (χ4n) is 2.88. The van der Waals surface area contributed by atoms with Crippen molar-refractivity contribution in [1.29, 1.82) is 0 Å². The highest BCUT2D eigenvalue weighted by molar-refractivity contribution is 5.99. The van der Waals surface area contributed by atoms with E-state index in [9.17, 15) is 4.79 Å². The molecule has 0 amide bonds. The van der Waals surface area contributed by atoms with Crippen molar-refractivity contribution < 1.29 is 4.79 Å². The third-order valence-corrected chi connectivity index (χ3v) is 4.00. The number of nitrogens with zero attached hydrogens (tertiary/aromatic N) is 3. The van der Waals surface area contributed by atoms with Crippen molar-refractivity contribution in [3.63, 3.8) is 0 Å². The molecule has 1 aromatic heterocycles. The molecule has 0 aromatic carbocycles. The highest BCUT2D eigenvalue weighted by Gasteiger charge is 2.41. The summed E-state index contributed by atoms with van der Waals surface area (Å²) in [5.74, 6) is 0.260. The van der Waals surface area contributed by atoms with E-state index in [4.69, 9.17) is 0 Å². The predicted octanol–water partition coefficient (Wildman–Crippen LogP) is 2.84. The van der Waals surface area contributed by atoms with Gasteiger partial charge in [0.1, 0.15) is 5.69 Å². The third kappa shape index (κ3) is 2.13. The lowest BCUT2D eigenvalue weighted by Crippen LogP contribution is -2.29. The van der Waals surface area contributed by atoms with E-state index in [1.807, 2.05) is 0 Å². The molecule has 0 spiro atoms. The van der Waals surface area contributed by atoms with Crippen molar-refractivity contribution in [2.24, 2.45) is 5.41 Å². The molecule has 1 fully saturated rings. The monoisotopic (exact) mass is 235 g/mol. The van der Waals surface area contributed by atoms with Crippen molar-refractivity contribution in [2.75, 3.05) is 0 Å². The second-order valence-corrected chi connectivity index (χ2v) is 5.01. The summed E-state index contributed by atoms with van der Waals surface area (Å²) in [4.78, 5) is 12.7. The van der Waals surface area contributed by atoms with Gasteiger partial charge in [0.25, 0.3) is 0 Å². The molecule has 0 unspecified atom stereocenters. The molecule has 0 radical (unpaired) electrons. The van der Waals surface area contributed by atoms with Crippen molar-refractivity contribution in [2.45, 2.75) is 58.9 Å². The lowest BCUT2D eigenvalue weighted by atomic mass is 9.78. The van der Waals surface area contributed by atoms with E-state index in [1.165, 1.54) is 12.8 Å². The van der Waals surface area contributed by atoms with Crippen LogP contribution in [0.3, 0.4) is 0 Å². The van der Waals surface area contributed by atoms with E-state index < -0.39 is 0 Å². The zero-order valence-electron chi connectivity index (χ0n) is 10.8. The Morgan fingerprint density at radius 2 is 2.12 bits per heavy atom. The van der Waals surface area contributed by atoms with Crippen LogP contribution in [0.1, 0.15) is 62.9 Å². The van der Waals surface area contributed by atoms with E-state index in [2.05, 4.69) is 24.2 Å². The van der Waals surface area contributed by atoms with Gasteiger partial charge < -0.3 is 0 Å². The minimum atomic E-state index is -0.132. The maximum Gasteiger partial charge on any atom is 0.188 e. The van der Waals surface area contributed by atoms with Gasteiger partial charge in [0, 0.05) is 12.0 Å². The molecule has 4 nitrogen and oxygen atoms in total. The van der Waals surface area contributed by atoms with Gasteiger partial charge >= 0.3 is 0 Å². The van der Waals surface area contributed by atoms with Crippen LogP contribution in [0.15, 0.2) is 6.20 Å². The van der Waals surface area contributed by atoms with Crippen molar-refractivity contribution >= 4 is 5.78 Å². The number of carbonyl (C=O) groups excluding carboxylic acids is 1. The van der Waals surface area contributed by atoms with E-state index >= 15 is 0 Å². The van der Waals surface area contributed by atoms with Gasteiger partial charge in [-0.1, -0.05) is 31.9 Å². The Balaban J connectivity index is 2.26. The molecule has 1 saturated carbocycles. The van der Waals surface area contributed by atoms with Crippen molar-refractivity contribution in [3.05, 3.63) is 11.9 Å². The first-order chi connectivity index (χ1) is 8.23. The number of rotatable bonds is 5. The predicted molar refractivity (Wildman–Crippen MR) is 65.8 cm³/mol. The van der Waals surface area contributed by atoms with Crippen LogP contribution in [-0.4, -0.2) is 20.8 Å². The van der Waals surface area contributed by atoms with Crippen LogP contribution in [0, 0.1) is 5.41 Å². The van der Waals surface area contributed by atoms with Crippen molar-refractivity contribution in [1.82, 2.24) is 15.0 Å². The maximum absolute atomic E-state index is 12.7. The lowest BCUT2D eigenvalue weighted by Gasteiger charge is -2.25. The number of aryl methyl sites for hydroxylation is 1. The molecule has 0 saturated heterocycles. The summed E-state index contributed by atoms with van der Waals surface area (Å²) in [5.41, 5.74) is 0.573. The molecule has 1 aromatic rings. The Labute approximate surface area is 102 Å². The van der Waals surface area contributed by atoms with Gasteiger partial charge in [-0.2, -0.15) is 0 Å². The first-order valence-electron chi connectivity index (χ1n) is 6.67. The van der Waals surface area contributed by atoms with Crippen LogP contribution in [0.2, 0.25) is 0 Å². The summed E-state index contributed by atoms with van der Waals surface area (Å²) in [6, 6.07) is 0. The quantitative estimate of drug-likeness (QED) is 0.737. The minimum absolute atomic E-state index is 0.132. The summed E-state index contributed by atoms with van der Waals surface area (Å²) >= 11 is 0. The number of carbonyl (C=O) groups is 1. The van der Waals surface area contributed by atoms with Gasteiger partial charge in [-0.05, 0) is 25.7 Å². The van der Waals surface area contributed by atoms with Crippen LogP contribution < -0.4 is 0 Å². The van der Waals surface area contributed by atoms with Gasteiger partial charge in [0.05, 0.1) is 6.20 Å². The molecule has 0 aliphatic heterocycles. The second kappa shape index (κ2) is 4.98. The van der Waals surface area contributed by atoms with Crippen LogP contribution in [0.5, 0.6) is 0 Å².